The van der Waals surface area contributed by atoms with Gasteiger partial charge in [0.25, 0.3) is 5.91 Å². The molecule has 0 bridgehead atoms. The zero-order valence-corrected chi connectivity index (χ0v) is 19.8. The van der Waals surface area contributed by atoms with Crippen molar-refractivity contribution >= 4 is 34.2 Å². The van der Waals surface area contributed by atoms with E-state index in [0.29, 0.717) is 12.1 Å². The first-order valence-corrected chi connectivity index (χ1v) is 10.8. The summed E-state index contributed by atoms with van der Waals surface area (Å²) in [6.45, 7) is 3.50. The second kappa shape index (κ2) is 9.94. The van der Waals surface area contributed by atoms with Crippen molar-refractivity contribution < 1.29 is 9.18 Å². The van der Waals surface area contributed by atoms with Gasteiger partial charge in [0.1, 0.15) is 5.82 Å². The molecule has 2 heterocycles. The molecule has 1 aromatic heterocycles. The fourth-order valence-electron chi connectivity index (χ4n) is 4.18. The van der Waals surface area contributed by atoms with Gasteiger partial charge in [0.05, 0.1) is 16.4 Å². The van der Waals surface area contributed by atoms with E-state index in [9.17, 15) is 9.18 Å². The summed E-state index contributed by atoms with van der Waals surface area (Å²) in [4.78, 5) is 13.0. The minimum Gasteiger partial charge on any atom is -0.347 e. The molecular formula is C23H25BrClFN4O. The molecule has 0 aliphatic carbocycles. The number of benzene rings is 2. The van der Waals surface area contributed by atoms with Gasteiger partial charge in [-0.25, -0.2) is 4.39 Å². The number of hydrogen-bond donors (Lipinski definition) is 2. The summed E-state index contributed by atoms with van der Waals surface area (Å²) >= 11 is 3.54. The Morgan fingerprint density at radius 3 is 2.77 bits per heavy atom. The van der Waals surface area contributed by atoms with Crippen molar-refractivity contribution in [2.45, 2.75) is 25.3 Å². The number of nitrogens with one attached hydrogen (secondary N) is 2. The fraction of sp³-hybridized carbons (Fsp3) is 0.304. The van der Waals surface area contributed by atoms with Gasteiger partial charge < -0.3 is 10.6 Å². The van der Waals surface area contributed by atoms with Crippen LogP contribution in [0.5, 0.6) is 0 Å². The number of carbonyl (C=O) groups excluding carboxylic acids is 1. The molecule has 4 rings (SSSR count). The Balaban J connectivity index is 0.00000272. The third-order valence-electron chi connectivity index (χ3n) is 5.71. The number of aryl methyl sites for hydroxylation is 2. The van der Waals surface area contributed by atoms with E-state index in [4.69, 9.17) is 0 Å². The number of halogens is 3. The first-order chi connectivity index (χ1) is 14.4. The minimum absolute atomic E-state index is 0. The van der Waals surface area contributed by atoms with Gasteiger partial charge in [-0.05, 0) is 71.2 Å². The standard InChI is InChI=1S/C23H24BrFN4O.ClH/c1-14-10-16(6-7-18(14)22-20(24)12-27-29(22)2)23(30)28-21-13-26-9-8-19(21)15-4-3-5-17(25)11-15;/h3-7,10-12,19,21,26H,8-9,13H2,1-2H3,(H,28,30);1H/t19-,21+;/m0./s1. The van der Waals surface area contributed by atoms with Crippen molar-refractivity contribution in [3.8, 4) is 11.3 Å². The molecule has 1 fully saturated rings. The molecule has 0 saturated carbocycles. The first-order valence-electron chi connectivity index (χ1n) is 9.99. The Labute approximate surface area is 196 Å². The van der Waals surface area contributed by atoms with E-state index in [1.807, 2.05) is 42.9 Å². The number of nitrogens with zero attached hydrogens (tertiary/aromatic N) is 2. The Morgan fingerprint density at radius 2 is 2.10 bits per heavy atom. The third kappa shape index (κ3) is 5.00. The molecule has 0 radical (unpaired) electrons. The van der Waals surface area contributed by atoms with E-state index in [1.165, 1.54) is 6.07 Å². The minimum atomic E-state index is -0.247. The molecule has 1 saturated heterocycles. The van der Waals surface area contributed by atoms with E-state index in [1.54, 1.807) is 18.3 Å². The molecule has 0 spiro atoms. The number of aromatic nitrogens is 2. The van der Waals surface area contributed by atoms with E-state index >= 15 is 0 Å². The van der Waals surface area contributed by atoms with Gasteiger partial charge in [-0.15, -0.1) is 12.4 Å². The van der Waals surface area contributed by atoms with E-state index in [0.717, 1.165) is 39.8 Å². The quantitative estimate of drug-likeness (QED) is 0.543. The molecular weight excluding hydrogens is 483 g/mol. The van der Waals surface area contributed by atoms with Gasteiger partial charge >= 0.3 is 0 Å². The summed E-state index contributed by atoms with van der Waals surface area (Å²) in [5.74, 6) is -0.288. The van der Waals surface area contributed by atoms with Crippen LogP contribution >= 0.6 is 28.3 Å². The van der Waals surface area contributed by atoms with Gasteiger partial charge in [-0.1, -0.05) is 18.2 Å². The predicted octanol–water partition coefficient (Wildman–Crippen LogP) is 4.59. The monoisotopic (exact) mass is 506 g/mol. The summed E-state index contributed by atoms with van der Waals surface area (Å²) in [7, 11) is 1.89. The summed E-state index contributed by atoms with van der Waals surface area (Å²) in [5, 5.41) is 10.8. The highest BCUT2D eigenvalue weighted by atomic mass is 79.9. The molecule has 0 unspecified atom stereocenters. The van der Waals surface area contributed by atoms with Gasteiger partial charge in [0.15, 0.2) is 0 Å². The molecule has 1 aliphatic rings. The summed E-state index contributed by atoms with van der Waals surface area (Å²) in [5.41, 5.74) is 4.53. The lowest BCUT2D eigenvalue weighted by Crippen LogP contribution is -2.50. The molecule has 3 aromatic rings. The lowest BCUT2D eigenvalue weighted by molar-refractivity contribution is 0.0924. The SMILES string of the molecule is Cc1cc(C(=O)N[C@@H]2CNCC[C@H]2c2cccc(F)c2)ccc1-c1c(Br)cnn1C.Cl. The van der Waals surface area contributed by atoms with Gasteiger partial charge in [0, 0.05) is 36.7 Å². The van der Waals surface area contributed by atoms with Crippen LogP contribution in [-0.2, 0) is 7.05 Å². The molecule has 31 heavy (non-hydrogen) atoms. The van der Waals surface area contributed by atoms with Gasteiger partial charge in [0.2, 0.25) is 0 Å². The first kappa shape index (κ1) is 23.4. The zero-order valence-electron chi connectivity index (χ0n) is 17.4. The number of rotatable bonds is 4. The van der Waals surface area contributed by atoms with Crippen LogP contribution in [0.15, 0.2) is 53.1 Å². The molecule has 8 heteroatoms. The van der Waals surface area contributed by atoms with Crippen LogP contribution in [0.25, 0.3) is 11.3 Å². The van der Waals surface area contributed by atoms with Crippen molar-refractivity contribution in [2.24, 2.45) is 7.05 Å². The average molecular weight is 508 g/mol. The number of piperidine rings is 1. The van der Waals surface area contributed by atoms with Crippen molar-refractivity contribution in [1.29, 1.82) is 0 Å². The van der Waals surface area contributed by atoms with Crippen molar-refractivity contribution in [3.63, 3.8) is 0 Å². The molecule has 1 aliphatic heterocycles. The summed E-state index contributed by atoms with van der Waals surface area (Å²) in [6, 6.07) is 12.3. The number of amides is 1. The second-order valence-corrected chi connectivity index (χ2v) is 8.58. The third-order valence-corrected chi connectivity index (χ3v) is 6.29. The molecule has 5 nitrogen and oxygen atoms in total. The maximum absolute atomic E-state index is 13.7. The normalized spacial score (nSPS) is 18.3. The number of hydrogen-bond acceptors (Lipinski definition) is 3. The van der Waals surface area contributed by atoms with E-state index in [-0.39, 0.29) is 36.1 Å². The second-order valence-electron chi connectivity index (χ2n) is 7.73. The Morgan fingerprint density at radius 1 is 1.29 bits per heavy atom. The average Bonchev–Trinajstić information content (AvgIpc) is 3.06. The highest BCUT2D eigenvalue weighted by Gasteiger charge is 2.28. The van der Waals surface area contributed by atoms with Crippen LogP contribution in [0.4, 0.5) is 4.39 Å². The number of carbonyl (C=O) groups is 1. The smallest absolute Gasteiger partial charge is 0.251 e. The maximum atomic E-state index is 13.7. The molecule has 1 amide bonds. The Kier molecular flexibility index (Phi) is 7.51. The van der Waals surface area contributed by atoms with Crippen LogP contribution < -0.4 is 10.6 Å². The van der Waals surface area contributed by atoms with Crippen molar-refractivity contribution in [1.82, 2.24) is 20.4 Å². The molecule has 2 aromatic carbocycles. The highest BCUT2D eigenvalue weighted by Crippen LogP contribution is 2.31. The van der Waals surface area contributed by atoms with E-state index in [2.05, 4.69) is 31.7 Å². The topological polar surface area (TPSA) is 59.0 Å². The van der Waals surface area contributed by atoms with Crippen molar-refractivity contribution in [2.75, 3.05) is 13.1 Å². The lowest BCUT2D eigenvalue weighted by Gasteiger charge is -2.33. The van der Waals surface area contributed by atoms with Gasteiger partial charge in [-0.2, -0.15) is 5.10 Å². The Bertz CT molecular complexity index is 1070. The maximum Gasteiger partial charge on any atom is 0.251 e. The molecule has 2 N–H and O–H groups in total. The zero-order chi connectivity index (χ0) is 21.3. The van der Waals surface area contributed by atoms with Crippen molar-refractivity contribution in [3.05, 3.63) is 75.6 Å². The highest BCUT2D eigenvalue weighted by molar-refractivity contribution is 9.10. The Hall–Kier alpha value is -2.22. The largest absolute Gasteiger partial charge is 0.347 e. The van der Waals surface area contributed by atoms with Crippen LogP contribution in [0, 0.1) is 12.7 Å². The fourth-order valence-corrected chi connectivity index (χ4v) is 4.74. The summed E-state index contributed by atoms with van der Waals surface area (Å²) in [6.07, 6.45) is 2.61. The van der Waals surface area contributed by atoms with E-state index < -0.39 is 0 Å². The summed E-state index contributed by atoms with van der Waals surface area (Å²) < 4.78 is 16.4. The molecule has 164 valence electrons. The predicted molar refractivity (Wildman–Crippen MR) is 126 cm³/mol. The van der Waals surface area contributed by atoms with Crippen LogP contribution in [0.1, 0.15) is 33.8 Å². The van der Waals surface area contributed by atoms with Crippen LogP contribution in [0.2, 0.25) is 0 Å². The molecule has 2 atom stereocenters. The van der Waals surface area contributed by atoms with Crippen LogP contribution in [-0.4, -0.2) is 34.8 Å². The van der Waals surface area contributed by atoms with Gasteiger partial charge in [-0.3, -0.25) is 9.48 Å². The lowest BCUT2D eigenvalue weighted by atomic mass is 9.86. The van der Waals surface area contributed by atoms with Crippen LogP contribution in [0.3, 0.4) is 0 Å².